The van der Waals surface area contributed by atoms with E-state index in [9.17, 15) is 8.42 Å². The van der Waals surface area contributed by atoms with E-state index in [0.29, 0.717) is 23.5 Å². The molecule has 0 amide bonds. The number of hydrogen-bond donors (Lipinski definition) is 1. The summed E-state index contributed by atoms with van der Waals surface area (Å²) in [6.45, 7) is 5.27. The zero-order chi connectivity index (χ0) is 15.3. The molecule has 1 aliphatic heterocycles. The zero-order valence-corrected chi connectivity index (χ0v) is 14.0. The largest absolute Gasteiger partial charge is 0.314 e. The molecule has 1 aliphatic rings. The second kappa shape index (κ2) is 7.41. The van der Waals surface area contributed by atoms with Gasteiger partial charge in [-0.1, -0.05) is 36.8 Å². The van der Waals surface area contributed by atoms with E-state index in [1.165, 1.54) is 11.1 Å². The van der Waals surface area contributed by atoms with E-state index in [-0.39, 0.29) is 0 Å². The maximum absolute atomic E-state index is 11.6. The molecule has 1 aromatic rings. The lowest BCUT2D eigenvalue weighted by Crippen LogP contribution is -2.34. The Balaban J connectivity index is 1.97. The predicted octanol–water partition coefficient (Wildman–Crippen LogP) is 2.73. The molecule has 0 saturated carbocycles. The number of hydrogen-bond acceptors (Lipinski definition) is 3. The molecule has 0 aromatic heterocycles. The van der Waals surface area contributed by atoms with E-state index < -0.39 is 9.84 Å². The number of benzene rings is 1. The molecule has 0 bridgehead atoms. The second-order valence-electron chi connectivity index (χ2n) is 6.35. The van der Waals surface area contributed by atoms with E-state index in [4.69, 9.17) is 0 Å². The van der Waals surface area contributed by atoms with Crippen LogP contribution in [0.1, 0.15) is 37.3 Å². The van der Waals surface area contributed by atoms with Crippen molar-refractivity contribution in [3.05, 3.63) is 35.4 Å². The molecule has 1 aromatic carbocycles. The summed E-state index contributed by atoms with van der Waals surface area (Å²) in [4.78, 5) is 0. The van der Waals surface area contributed by atoms with Crippen molar-refractivity contribution < 1.29 is 8.42 Å². The maximum atomic E-state index is 11.6. The van der Waals surface area contributed by atoms with Gasteiger partial charge in [0.25, 0.3) is 0 Å². The summed E-state index contributed by atoms with van der Waals surface area (Å²) in [6.07, 6.45) is 3.89. The van der Waals surface area contributed by atoms with Gasteiger partial charge in [0, 0.05) is 6.04 Å². The van der Waals surface area contributed by atoms with Crippen molar-refractivity contribution in [2.45, 2.75) is 45.6 Å². The van der Waals surface area contributed by atoms with Crippen molar-refractivity contribution in [3.8, 4) is 0 Å². The van der Waals surface area contributed by atoms with E-state index >= 15 is 0 Å². The fraction of sp³-hybridized carbons (Fsp3) is 0.647. The van der Waals surface area contributed by atoms with Gasteiger partial charge in [-0.25, -0.2) is 8.42 Å². The predicted molar refractivity (Wildman–Crippen MR) is 88.3 cm³/mol. The molecule has 0 aliphatic carbocycles. The number of sulfone groups is 1. The Labute approximate surface area is 129 Å². The first kappa shape index (κ1) is 16.5. The van der Waals surface area contributed by atoms with E-state index in [2.05, 4.69) is 43.4 Å². The van der Waals surface area contributed by atoms with Crippen molar-refractivity contribution in [2.75, 3.05) is 18.1 Å². The molecular weight excluding hydrogens is 282 g/mol. The molecule has 2 unspecified atom stereocenters. The second-order valence-corrected chi connectivity index (χ2v) is 8.58. The van der Waals surface area contributed by atoms with Crippen LogP contribution in [-0.2, 0) is 16.3 Å². The maximum Gasteiger partial charge on any atom is 0.150 e. The average Bonchev–Trinajstić information content (AvgIpc) is 2.75. The fourth-order valence-electron chi connectivity index (χ4n) is 3.17. The average molecular weight is 309 g/mol. The quantitative estimate of drug-likeness (QED) is 0.842. The van der Waals surface area contributed by atoms with Gasteiger partial charge in [0.05, 0.1) is 11.5 Å². The van der Waals surface area contributed by atoms with Crippen molar-refractivity contribution in [1.82, 2.24) is 5.32 Å². The van der Waals surface area contributed by atoms with Crippen molar-refractivity contribution in [2.24, 2.45) is 5.92 Å². The molecule has 4 heteroatoms. The van der Waals surface area contributed by atoms with Crippen LogP contribution in [-0.4, -0.2) is 32.5 Å². The van der Waals surface area contributed by atoms with Gasteiger partial charge in [0.15, 0.2) is 9.84 Å². The minimum atomic E-state index is -2.77. The number of aryl methyl sites for hydroxylation is 1. The van der Waals surface area contributed by atoms with Gasteiger partial charge in [-0.2, -0.15) is 0 Å². The Bertz CT molecular complexity index is 554. The Kier molecular flexibility index (Phi) is 5.82. The summed E-state index contributed by atoms with van der Waals surface area (Å²) in [5.41, 5.74) is 2.62. The van der Waals surface area contributed by atoms with Crippen LogP contribution in [0.4, 0.5) is 0 Å². The van der Waals surface area contributed by atoms with Crippen LogP contribution in [0, 0.1) is 12.8 Å². The third-order valence-electron chi connectivity index (χ3n) is 4.19. The minimum absolute atomic E-state index is 0.328. The Morgan fingerprint density at radius 3 is 2.81 bits per heavy atom. The molecule has 2 rings (SSSR count). The molecule has 1 N–H and O–H groups in total. The lowest BCUT2D eigenvalue weighted by Gasteiger charge is -2.21. The zero-order valence-electron chi connectivity index (χ0n) is 13.1. The van der Waals surface area contributed by atoms with E-state index in [0.717, 1.165) is 32.2 Å². The molecule has 21 heavy (non-hydrogen) atoms. The van der Waals surface area contributed by atoms with Gasteiger partial charge in [-0.05, 0) is 50.6 Å². The lowest BCUT2D eigenvalue weighted by atomic mass is 9.94. The topological polar surface area (TPSA) is 46.2 Å². The standard InChI is InChI=1S/C17H27NO2S/c1-3-8-18-17(11-15-6-4-5-14(2)10-15)12-16-7-9-21(19,20)13-16/h4-6,10,16-18H,3,7-9,11-13H2,1-2H3. The Morgan fingerprint density at radius 2 is 2.19 bits per heavy atom. The molecular formula is C17H27NO2S. The summed E-state index contributed by atoms with van der Waals surface area (Å²) in [5.74, 6) is 1.09. The summed E-state index contributed by atoms with van der Waals surface area (Å²) >= 11 is 0. The Morgan fingerprint density at radius 1 is 1.38 bits per heavy atom. The van der Waals surface area contributed by atoms with Crippen LogP contribution in [0.15, 0.2) is 24.3 Å². The molecule has 2 atom stereocenters. The van der Waals surface area contributed by atoms with E-state index in [1.54, 1.807) is 0 Å². The first-order chi connectivity index (χ1) is 9.98. The highest BCUT2D eigenvalue weighted by atomic mass is 32.2. The number of nitrogens with one attached hydrogen (secondary N) is 1. The van der Waals surface area contributed by atoms with Gasteiger partial charge in [0.1, 0.15) is 0 Å². The van der Waals surface area contributed by atoms with Crippen LogP contribution in [0.2, 0.25) is 0 Å². The normalized spacial score (nSPS) is 22.3. The third-order valence-corrected chi connectivity index (χ3v) is 6.03. The highest BCUT2D eigenvalue weighted by Gasteiger charge is 2.29. The highest BCUT2D eigenvalue weighted by molar-refractivity contribution is 7.91. The molecule has 0 spiro atoms. The van der Waals surface area contributed by atoms with Crippen LogP contribution >= 0.6 is 0 Å². The van der Waals surface area contributed by atoms with E-state index in [1.807, 2.05) is 0 Å². The fourth-order valence-corrected chi connectivity index (χ4v) is 5.05. The lowest BCUT2D eigenvalue weighted by molar-refractivity contribution is 0.402. The minimum Gasteiger partial charge on any atom is -0.314 e. The number of rotatable bonds is 7. The van der Waals surface area contributed by atoms with Crippen molar-refractivity contribution >= 4 is 9.84 Å². The monoisotopic (exact) mass is 309 g/mol. The summed E-state index contributed by atoms with van der Waals surface area (Å²) < 4.78 is 23.2. The Hall–Kier alpha value is -0.870. The SMILES string of the molecule is CCCNC(Cc1cccc(C)c1)CC1CCS(=O)(=O)C1. The first-order valence-electron chi connectivity index (χ1n) is 7.98. The first-order valence-corrected chi connectivity index (χ1v) is 9.80. The molecule has 3 nitrogen and oxygen atoms in total. The van der Waals surface area contributed by atoms with Crippen LogP contribution in [0.3, 0.4) is 0 Å². The van der Waals surface area contributed by atoms with Gasteiger partial charge in [-0.3, -0.25) is 0 Å². The molecule has 118 valence electrons. The summed E-state index contributed by atoms with van der Waals surface area (Å²) in [5, 5.41) is 3.60. The van der Waals surface area contributed by atoms with Gasteiger partial charge in [0.2, 0.25) is 0 Å². The van der Waals surface area contributed by atoms with Crippen molar-refractivity contribution in [1.29, 1.82) is 0 Å². The van der Waals surface area contributed by atoms with Gasteiger partial charge < -0.3 is 5.32 Å². The smallest absolute Gasteiger partial charge is 0.150 e. The molecule has 1 heterocycles. The third kappa shape index (κ3) is 5.44. The molecule has 0 radical (unpaired) electrons. The summed E-state index contributed by atoms with van der Waals surface area (Å²) in [7, 11) is -2.77. The van der Waals surface area contributed by atoms with Crippen LogP contribution in [0.25, 0.3) is 0 Å². The van der Waals surface area contributed by atoms with Crippen molar-refractivity contribution in [3.63, 3.8) is 0 Å². The molecule has 1 fully saturated rings. The van der Waals surface area contributed by atoms with Crippen LogP contribution in [0.5, 0.6) is 0 Å². The van der Waals surface area contributed by atoms with Crippen LogP contribution < -0.4 is 5.32 Å². The van der Waals surface area contributed by atoms with Gasteiger partial charge in [-0.15, -0.1) is 0 Å². The molecule has 1 saturated heterocycles. The van der Waals surface area contributed by atoms with Gasteiger partial charge >= 0.3 is 0 Å². The summed E-state index contributed by atoms with van der Waals surface area (Å²) in [6, 6.07) is 8.98. The highest BCUT2D eigenvalue weighted by Crippen LogP contribution is 2.24.